The van der Waals surface area contributed by atoms with E-state index in [-0.39, 0.29) is 24.1 Å². The minimum absolute atomic E-state index is 0.123. The number of thioether (sulfide) groups is 1. The molecule has 42 heavy (non-hydrogen) atoms. The Kier molecular flexibility index (Phi) is 7.15. The van der Waals surface area contributed by atoms with Crippen molar-refractivity contribution in [2.45, 2.75) is 25.6 Å². The zero-order valence-electron chi connectivity index (χ0n) is 22.2. The van der Waals surface area contributed by atoms with E-state index in [4.69, 9.17) is 0 Å². The number of hydrogen-bond acceptors (Lipinski definition) is 5. The highest BCUT2D eigenvalue weighted by molar-refractivity contribution is 8.15. The fourth-order valence-electron chi connectivity index (χ4n) is 4.49. The Labute approximate surface area is 243 Å². The fraction of sp³-hybridized carbons (Fsp3) is 0.167. The molecule has 1 saturated heterocycles. The minimum atomic E-state index is -4.41. The van der Waals surface area contributed by atoms with Gasteiger partial charge in [0.25, 0.3) is 0 Å². The summed E-state index contributed by atoms with van der Waals surface area (Å²) in [5.41, 5.74) is 4.06. The Bertz CT molecular complexity index is 1720. The van der Waals surface area contributed by atoms with Gasteiger partial charge in [-0.2, -0.15) is 18.2 Å². The number of hydrogen-bond donors (Lipinski definition) is 1. The molecule has 1 aromatic heterocycles. The zero-order valence-corrected chi connectivity index (χ0v) is 23.0. The van der Waals surface area contributed by atoms with Gasteiger partial charge in [0.1, 0.15) is 6.33 Å². The summed E-state index contributed by atoms with van der Waals surface area (Å²) in [5.74, 6) is 0.672. The Morgan fingerprint density at radius 2 is 1.81 bits per heavy atom. The van der Waals surface area contributed by atoms with Crippen molar-refractivity contribution in [2.75, 3.05) is 10.7 Å². The lowest BCUT2D eigenvalue weighted by Crippen LogP contribution is -2.32. The molecule has 1 aliphatic carbocycles. The number of carbonyl (C=O) groups excluding carboxylic acids is 2. The van der Waals surface area contributed by atoms with Crippen molar-refractivity contribution in [3.63, 3.8) is 0 Å². The van der Waals surface area contributed by atoms with Crippen LogP contribution in [0.2, 0.25) is 0 Å². The molecule has 6 rings (SSSR count). The third-order valence-corrected chi connectivity index (χ3v) is 7.66. The zero-order chi connectivity index (χ0) is 29.4. The van der Waals surface area contributed by atoms with Gasteiger partial charge in [0.2, 0.25) is 5.91 Å². The summed E-state index contributed by atoms with van der Waals surface area (Å²) in [6.07, 6.45) is 1.14. The Morgan fingerprint density at radius 1 is 1.07 bits per heavy atom. The number of alkyl halides is 3. The molecule has 212 valence electrons. The van der Waals surface area contributed by atoms with Gasteiger partial charge in [-0.25, -0.2) is 14.5 Å². The molecule has 4 aromatic rings. The molecule has 0 spiro atoms. The van der Waals surface area contributed by atoms with E-state index >= 15 is 0 Å². The number of rotatable bonds is 6. The van der Waals surface area contributed by atoms with Crippen LogP contribution < -0.4 is 10.2 Å². The molecule has 0 unspecified atom stereocenters. The van der Waals surface area contributed by atoms with Crippen molar-refractivity contribution in [1.29, 1.82) is 0 Å². The summed E-state index contributed by atoms with van der Waals surface area (Å²) in [6, 6.07) is 17.2. The molecule has 3 amide bonds. The lowest BCUT2D eigenvalue weighted by atomic mass is 10.0. The molecule has 0 saturated carbocycles. The average molecular weight is 589 g/mol. The van der Waals surface area contributed by atoms with Crippen LogP contribution in [-0.4, -0.2) is 37.6 Å². The quantitative estimate of drug-likeness (QED) is 0.269. The monoisotopic (exact) mass is 588 g/mol. The summed E-state index contributed by atoms with van der Waals surface area (Å²) < 4.78 is 39.9. The van der Waals surface area contributed by atoms with Crippen LogP contribution in [0.3, 0.4) is 0 Å². The van der Waals surface area contributed by atoms with E-state index < -0.39 is 17.8 Å². The molecule has 1 N–H and O–H groups in total. The van der Waals surface area contributed by atoms with Crippen molar-refractivity contribution in [3.05, 3.63) is 107 Å². The van der Waals surface area contributed by atoms with Gasteiger partial charge in [0.05, 0.1) is 22.7 Å². The van der Waals surface area contributed by atoms with Crippen LogP contribution in [0.15, 0.2) is 90.2 Å². The number of halogens is 3. The van der Waals surface area contributed by atoms with Crippen LogP contribution in [0.25, 0.3) is 17.1 Å². The Morgan fingerprint density at radius 3 is 2.50 bits per heavy atom. The van der Waals surface area contributed by atoms with Gasteiger partial charge >= 0.3 is 12.2 Å². The average Bonchev–Trinajstić information content (AvgIpc) is 3.60. The topological polar surface area (TPSA) is 92.5 Å². The lowest BCUT2D eigenvalue weighted by molar-refractivity contribution is -0.137. The Hall–Kier alpha value is -4.71. The van der Waals surface area contributed by atoms with Crippen molar-refractivity contribution in [1.82, 2.24) is 20.1 Å². The van der Waals surface area contributed by atoms with Crippen molar-refractivity contribution in [2.24, 2.45) is 4.99 Å². The van der Waals surface area contributed by atoms with E-state index in [1.54, 1.807) is 12.1 Å². The van der Waals surface area contributed by atoms with Crippen molar-refractivity contribution in [3.8, 4) is 17.1 Å². The molecule has 2 heterocycles. The van der Waals surface area contributed by atoms with E-state index in [1.807, 2.05) is 37.3 Å². The van der Waals surface area contributed by atoms with Gasteiger partial charge in [0, 0.05) is 18.0 Å². The van der Waals surface area contributed by atoms with Gasteiger partial charge in [-0.15, -0.1) is 5.10 Å². The van der Waals surface area contributed by atoms with Crippen LogP contribution in [0.1, 0.15) is 28.2 Å². The molecular formula is C30H23F3N6O2S. The van der Waals surface area contributed by atoms with Crippen molar-refractivity contribution < 1.29 is 22.8 Å². The van der Waals surface area contributed by atoms with Crippen LogP contribution in [-0.2, 0) is 17.5 Å². The predicted octanol–water partition coefficient (Wildman–Crippen LogP) is 6.26. The largest absolute Gasteiger partial charge is 0.416 e. The van der Waals surface area contributed by atoms with E-state index in [0.29, 0.717) is 22.2 Å². The second-order valence-corrected chi connectivity index (χ2v) is 10.7. The molecule has 8 nitrogen and oxygen atoms in total. The number of allylic oxidation sites excluding steroid dienone is 2. The SMILES string of the molecule is Cc1ccc(N2C(=O)CS/C2=N\C(=O)NCc2ccc(-c3ncn(-c4ccc(C(F)(F)F)cc4)n3)cc2)c(C2C=C2)c1. The number of nitrogens with one attached hydrogen (secondary N) is 1. The molecule has 3 aromatic carbocycles. The molecule has 0 radical (unpaired) electrons. The maximum absolute atomic E-state index is 12.8. The van der Waals surface area contributed by atoms with E-state index in [2.05, 4.69) is 32.5 Å². The number of nitrogens with zero attached hydrogens (tertiary/aromatic N) is 5. The third kappa shape index (κ3) is 5.84. The first-order valence-corrected chi connectivity index (χ1v) is 13.9. The molecule has 1 fully saturated rings. The molecule has 0 atom stereocenters. The highest BCUT2D eigenvalue weighted by Crippen LogP contribution is 2.39. The van der Waals surface area contributed by atoms with Gasteiger partial charge in [-0.1, -0.05) is 65.9 Å². The van der Waals surface area contributed by atoms with Crippen molar-refractivity contribution >= 4 is 34.6 Å². The highest BCUT2D eigenvalue weighted by Gasteiger charge is 2.34. The predicted molar refractivity (Wildman–Crippen MR) is 154 cm³/mol. The Balaban J connectivity index is 1.10. The molecule has 0 bridgehead atoms. The van der Waals surface area contributed by atoms with Crippen LogP contribution in [0.4, 0.5) is 23.7 Å². The second-order valence-electron chi connectivity index (χ2n) is 9.80. The third-order valence-electron chi connectivity index (χ3n) is 6.74. The number of aryl methyl sites for hydroxylation is 1. The summed E-state index contributed by atoms with van der Waals surface area (Å²) in [4.78, 5) is 35.4. The number of amidine groups is 1. The number of benzene rings is 3. The number of aliphatic imine (C=N–C) groups is 1. The second kappa shape index (κ2) is 10.9. The summed E-state index contributed by atoms with van der Waals surface area (Å²) in [7, 11) is 0. The lowest BCUT2D eigenvalue weighted by Gasteiger charge is -2.20. The number of anilines is 1. The fourth-order valence-corrected chi connectivity index (χ4v) is 5.35. The van der Waals surface area contributed by atoms with Crippen LogP contribution in [0.5, 0.6) is 0 Å². The summed E-state index contributed by atoms with van der Waals surface area (Å²) in [5, 5.41) is 7.47. The van der Waals surface area contributed by atoms with E-state index in [0.717, 1.165) is 34.5 Å². The number of carbonyl (C=O) groups is 2. The minimum Gasteiger partial charge on any atom is -0.332 e. The highest BCUT2D eigenvalue weighted by atomic mass is 32.2. The van der Waals surface area contributed by atoms with Gasteiger partial charge in [0.15, 0.2) is 11.0 Å². The number of urea groups is 1. The molecular weight excluding hydrogens is 565 g/mol. The first kappa shape index (κ1) is 27.5. The maximum atomic E-state index is 12.8. The van der Waals surface area contributed by atoms with E-state index in [1.165, 1.54) is 39.8 Å². The van der Waals surface area contributed by atoms with Gasteiger partial charge in [-0.05, 0) is 48.4 Å². The summed E-state index contributed by atoms with van der Waals surface area (Å²) >= 11 is 1.23. The molecule has 12 heteroatoms. The van der Waals surface area contributed by atoms with Gasteiger partial charge < -0.3 is 5.32 Å². The smallest absolute Gasteiger partial charge is 0.332 e. The standard InChI is InChI=1S/C30H23F3N6O2S/c1-18-2-13-25(24(14-18)20-7-8-20)39-26(40)16-42-29(39)36-28(41)34-15-19-3-5-21(6-4-19)27-35-17-38(37-27)23-11-9-22(10-12-23)30(31,32)33/h2-14,17,20H,15-16H2,1H3,(H,34,41)/b36-29-. The van der Waals surface area contributed by atoms with Gasteiger partial charge in [-0.3, -0.25) is 9.69 Å². The van der Waals surface area contributed by atoms with Crippen LogP contribution >= 0.6 is 11.8 Å². The summed E-state index contributed by atoms with van der Waals surface area (Å²) in [6.45, 7) is 2.21. The molecule has 2 aliphatic rings. The van der Waals surface area contributed by atoms with Crippen LogP contribution in [0, 0.1) is 6.92 Å². The maximum Gasteiger partial charge on any atom is 0.416 e. The molecule has 1 aliphatic heterocycles. The number of amides is 3. The van der Waals surface area contributed by atoms with E-state index in [9.17, 15) is 22.8 Å². The normalized spacial score (nSPS) is 16.0. The first-order chi connectivity index (χ1) is 20.2. The first-order valence-electron chi connectivity index (χ1n) is 13.0. The number of aromatic nitrogens is 3.